The van der Waals surface area contributed by atoms with Gasteiger partial charge in [-0.05, 0) is 53.4 Å². The van der Waals surface area contributed by atoms with E-state index < -0.39 is 21.7 Å². The second kappa shape index (κ2) is 6.30. The van der Waals surface area contributed by atoms with Crippen LogP contribution in [-0.4, -0.2) is 15.0 Å². The molecule has 23 heavy (non-hydrogen) atoms. The first-order valence-electron chi connectivity index (χ1n) is 7.40. The number of hydrogen-bond acceptors (Lipinski definition) is 3. The first kappa shape index (κ1) is 16.5. The highest BCUT2D eigenvalue weighted by atomic mass is 32.2. The van der Waals surface area contributed by atoms with Crippen molar-refractivity contribution >= 4 is 21.4 Å². The van der Waals surface area contributed by atoms with E-state index in [0.717, 1.165) is 43.4 Å². The van der Waals surface area contributed by atoms with E-state index in [-0.39, 0.29) is 16.9 Å². The fourth-order valence-corrected chi connectivity index (χ4v) is 5.06. The standard InChI is InChI=1S/C16H17F2NO2S2/c17-14-4-3-13(9-15(14)18)23(20,21)19-11-16(6-1-2-7-16)12-5-8-22-10-12/h3-5,8-10,19H,1-2,6-7,11H2. The molecule has 2 aromatic rings. The zero-order valence-corrected chi connectivity index (χ0v) is 14.0. The third kappa shape index (κ3) is 3.32. The summed E-state index contributed by atoms with van der Waals surface area (Å²) in [6.45, 7) is 0.269. The predicted octanol–water partition coefficient (Wildman–Crippen LogP) is 3.82. The highest BCUT2D eigenvalue weighted by Crippen LogP contribution is 2.41. The summed E-state index contributed by atoms with van der Waals surface area (Å²) in [6.07, 6.45) is 3.96. The monoisotopic (exact) mass is 357 g/mol. The number of thiophene rings is 1. The van der Waals surface area contributed by atoms with Crippen molar-refractivity contribution in [2.75, 3.05) is 6.54 Å². The quantitative estimate of drug-likeness (QED) is 0.884. The van der Waals surface area contributed by atoms with Crippen LogP contribution in [0.2, 0.25) is 0 Å². The number of halogens is 2. The summed E-state index contributed by atoms with van der Waals surface area (Å²) in [6, 6.07) is 4.65. The first-order chi connectivity index (χ1) is 10.9. The third-order valence-electron chi connectivity index (χ3n) is 4.50. The molecule has 1 heterocycles. The van der Waals surface area contributed by atoms with Crippen molar-refractivity contribution in [2.24, 2.45) is 0 Å². The molecule has 0 radical (unpaired) electrons. The summed E-state index contributed by atoms with van der Waals surface area (Å²) in [4.78, 5) is -0.255. The summed E-state index contributed by atoms with van der Waals surface area (Å²) in [5, 5.41) is 4.04. The van der Waals surface area contributed by atoms with Gasteiger partial charge in [-0.3, -0.25) is 0 Å². The second-order valence-corrected chi connectivity index (χ2v) is 8.45. The maximum Gasteiger partial charge on any atom is 0.240 e. The molecular weight excluding hydrogens is 340 g/mol. The van der Waals surface area contributed by atoms with Gasteiger partial charge in [0.15, 0.2) is 11.6 Å². The average Bonchev–Trinajstić information content (AvgIpc) is 3.19. The van der Waals surface area contributed by atoms with Gasteiger partial charge in [-0.1, -0.05) is 12.8 Å². The van der Waals surface area contributed by atoms with E-state index in [2.05, 4.69) is 10.1 Å². The average molecular weight is 357 g/mol. The maximum absolute atomic E-state index is 13.3. The molecule has 0 atom stereocenters. The van der Waals surface area contributed by atoms with Crippen molar-refractivity contribution in [3.05, 3.63) is 52.2 Å². The minimum absolute atomic E-state index is 0.203. The van der Waals surface area contributed by atoms with Crippen molar-refractivity contribution in [1.29, 1.82) is 0 Å². The molecule has 124 valence electrons. The van der Waals surface area contributed by atoms with Crippen LogP contribution in [0.5, 0.6) is 0 Å². The van der Waals surface area contributed by atoms with Crippen LogP contribution in [0.3, 0.4) is 0 Å². The Balaban J connectivity index is 1.81. The molecule has 1 fully saturated rings. The van der Waals surface area contributed by atoms with Gasteiger partial charge < -0.3 is 0 Å². The normalized spacial score (nSPS) is 17.5. The van der Waals surface area contributed by atoms with Crippen LogP contribution in [0.1, 0.15) is 31.2 Å². The summed E-state index contributed by atoms with van der Waals surface area (Å²) in [5.41, 5.74) is 0.944. The molecule has 1 aliphatic rings. The van der Waals surface area contributed by atoms with Crippen LogP contribution in [0.25, 0.3) is 0 Å². The summed E-state index contributed by atoms with van der Waals surface area (Å²) < 4.78 is 53.6. The van der Waals surface area contributed by atoms with Gasteiger partial charge in [0.1, 0.15) is 0 Å². The lowest BCUT2D eigenvalue weighted by Crippen LogP contribution is -2.38. The summed E-state index contributed by atoms with van der Waals surface area (Å²) in [7, 11) is -3.87. The number of nitrogens with one attached hydrogen (secondary N) is 1. The van der Waals surface area contributed by atoms with Crippen molar-refractivity contribution in [3.8, 4) is 0 Å². The molecule has 0 amide bonds. The summed E-state index contributed by atoms with van der Waals surface area (Å²) >= 11 is 1.59. The largest absolute Gasteiger partial charge is 0.240 e. The molecule has 0 saturated heterocycles. The molecular formula is C16H17F2NO2S2. The molecule has 0 spiro atoms. The topological polar surface area (TPSA) is 46.2 Å². The third-order valence-corrected chi connectivity index (χ3v) is 6.58. The van der Waals surface area contributed by atoms with Crippen molar-refractivity contribution in [2.45, 2.75) is 36.0 Å². The Kier molecular flexibility index (Phi) is 4.53. The predicted molar refractivity (Wildman–Crippen MR) is 86.0 cm³/mol. The van der Waals surface area contributed by atoms with E-state index in [4.69, 9.17) is 0 Å². The van der Waals surface area contributed by atoms with Crippen LogP contribution in [0.15, 0.2) is 39.9 Å². The van der Waals surface area contributed by atoms with Gasteiger partial charge in [-0.2, -0.15) is 11.3 Å². The maximum atomic E-state index is 13.3. The van der Waals surface area contributed by atoms with Gasteiger partial charge in [0.25, 0.3) is 0 Å². The van der Waals surface area contributed by atoms with Crippen LogP contribution in [-0.2, 0) is 15.4 Å². The van der Waals surface area contributed by atoms with Crippen molar-refractivity contribution < 1.29 is 17.2 Å². The highest BCUT2D eigenvalue weighted by molar-refractivity contribution is 7.89. The van der Waals surface area contributed by atoms with E-state index in [9.17, 15) is 17.2 Å². The smallest absolute Gasteiger partial charge is 0.210 e. The van der Waals surface area contributed by atoms with E-state index in [1.54, 1.807) is 11.3 Å². The molecule has 3 rings (SSSR count). The lowest BCUT2D eigenvalue weighted by atomic mass is 9.81. The van der Waals surface area contributed by atoms with Crippen LogP contribution < -0.4 is 4.72 Å². The molecule has 0 aliphatic heterocycles. The van der Waals surface area contributed by atoms with Crippen molar-refractivity contribution in [1.82, 2.24) is 4.72 Å². The number of sulfonamides is 1. The minimum Gasteiger partial charge on any atom is -0.210 e. The van der Waals surface area contributed by atoms with Gasteiger partial charge in [0, 0.05) is 12.0 Å². The Morgan fingerprint density at radius 2 is 1.87 bits per heavy atom. The zero-order valence-electron chi connectivity index (χ0n) is 12.4. The Hall–Kier alpha value is -1.31. The van der Waals surface area contributed by atoms with E-state index in [1.807, 2.05) is 11.4 Å². The Labute approximate surface area is 138 Å². The first-order valence-corrected chi connectivity index (χ1v) is 9.83. The SMILES string of the molecule is O=S(=O)(NCC1(c2ccsc2)CCCC1)c1ccc(F)c(F)c1. The lowest BCUT2D eigenvalue weighted by Gasteiger charge is -2.28. The summed E-state index contributed by atoms with van der Waals surface area (Å²) in [5.74, 6) is -2.23. The zero-order chi connectivity index (χ0) is 16.5. The molecule has 1 saturated carbocycles. The van der Waals surface area contributed by atoms with E-state index in [0.29, 0.717) is 6.07 Å². The molecule has 1 N–H and O–H groups in total. The lowest BCUT2D eigenvalue weighted by molar-refractivity contribution is 0.433. The van der Waals surface area contributed by atoms with Gasteiger partial charge in [-0.25, -0.2) is 21.9 Å². The molecule has 0 unspecified atom stereocenters. The molecule has 0 bridgehead atoms. The fourth-order valence-electron chi connectivity index (χ4n) is 3.15. The van der Waals surface area contributed by atoms with Gasteiger partial charge in [-0.15, -0.1) is 0 Å². The highest BCUT2D eigenvalue weighted by Gasteiger charge is 2.37. The minimum atomic E-state index is -3.87. The second-order valence-electron chi connectivity index (χ2n) is 5.90. The Morgan fingerprint density at radius 1 is 1.13 bits per heavy atom. The van der Waals surface area contributed by atoms with Gasteiger partial charge in [0.05, 0.1) is 4.90 Å². The number of benzene rings is 1. The molecule has 1 aliphatic carbocycles. The van der Waals surface area contributed by atoms with Gasteiger partial charge >= 0.3 is 0 Å². The van der Waals surface area contributed by atoms with Crippen LogP contribution >= 0.6 is 11.3 Å². The molecule has 3 nitrogen and oxygen atoms in total. The van der Waals surface area contributed by atoms with Gasteiger partial charge in [0.2, 0.25) is 10.0 Å². The van der Waals surface area contributed by atoms with E-state index in [1.165, 1.54) is 0 Å². The Bertz CT molecular complexity index is 782. The fraction of sp³-hybridized carbons (Fsp3) is 0.375. The Morgan fingerprint density at radius 3 is 2.48 bits per heavy atom. The number of rotatable bonds is 5. The van der Waals surface area contributed by atoms with E-state index >= 15 is 0 Å². The van der Waals surface area contributed by atoms with Crippen LogP contribution in [0, 0.1) is 11.6 Å². The molecule has 1 aromatic heterocycles. The molecule has 1 aromatic carbocycles. The van der Waals surface area contributed by atoms with Crippen LogP contribution in [0.4, 0.5) is 8.78 Å². The van der Waals surface area contributed by atoms with Crippen molar-refractivity contribution in [3.63, 3.8) is 0 Å². The molecule has 7 heteroatoms. The number of hydrogen-bond donors (Lipinski definition) is 1.